The van der Waals surface area contributed by atoms with E-state index in [0.29, 0.717) is 25.7 Å². The van der Waals surface area contributed by atoms with Gasteiger partial charge in [-0.25, -0.2) is 4.57 Å². The van der Waals surface area contributed by atoms with E-state index in [2.05, 4.69) is 4.52 Å². The van der Waals surface area contributed by atoms with Crippen molar-refractivity contribution in [2.45, 2.75) is 29.5 Å². The maximum atomic E-state index is 10.2. The normalized spacial score (nSPS) is 13.2. The topological polar surface area (TPSA) is 66.8 Å². The molecule has 0 heterocycles. The van der Waals surface area contributed by atoms with Crippen LogP contribution in [0.5, 0.6) is 0 Å². The molecule has 8 heteroatoms. The van der Waals surface area contributed by atoms with E-state index >= 15 is 0 Å². The van der Waals surface area contributed by atoms with Crippen LogP contribution in [0.25, 0.3) is 0 Å². The largest absolute Gasteiger partial charge is 0.469 e. The highest BCUT2D eigenvalue weighted by atomic mass is 35.6. The van der Waals surface area contributed by atoms with Gasteiger partial charge in [0.2, 0.25) is 0 Å². The Bertz CT molecular complexity index is 200. The standard InChI is InChI=1S/C6H12Cl3O4P/c7-6(8,9)4-2-1-3-5-13-14(10,11)12/h1-5H2,(H2,10,11,12). The number of phosphoric ester groups is 1. The molecule has 0 atom stereocenters. The first-order valence-corrected chi connectivity index (χ1v) is 6.64. The fourth-order valence-corrected chi connectivity index (χ4v) is 1.56. The third-order valence-corrected chi connectivity index (χ3v) is 2.45. The summed E-state index contributed by atoms with van der Waals surface area (Å²) in [6.45, 7) is 0.0180. The third-order valence-electron chi connectivity index (χ3n) is 1.36. The van der Waals surface area contributed by atoms with Crippen molar-refractivity contribution >= 4 is 42.6 Å². The molecule has 0 saturated carbocycles. The minimum absolute atomic E-state index is 0.0180. The summed E-state index contributed by atoms with van der Waals surface area (Å²) in [6.07, 6.45) is 2.34. The second-order valence-corrected chi connectivity index (χ2v) is 6.51. The molecule has 0 fully saturated rings. The zero-order valence-corrected chi connectivity index (χ0v) is 10.5. The first-order chi connectivity index (χ1) is 6.21. The van der Waals surface area contributed by atoms with Crippen LogP contribution < -0.4 is 0 Å². The van der Waals surface area contributed by atoms with E-state index in [1.54, 1.807) is 0 Å². The van der Waals surface area contributed by atoms with E-state index in [1.807, 2.05) is 0 Å². The predicted molar refractivity (Wildman–Crippen MR) is 56.8 cm³/mol. The fraction of sp³-hybridized carbons (Fsp3) is 1.00. The van der Waals surface area contributed by atoms with Gasteiger partial charge < -0.3 is 9.79 Å². The number of unbranched alkanes of at least 4 members (excludes halogenated alkanes) is 2. The molecule has 14 heavy (non-hydrogen) atoms. The van der Waals surface area contributed by atoms with Gasteiger partial charge in [0.1, 0.15) is 0 Å². The van der Waals surface area contributed by atoms with Gasteiger partial charge in [-0.05, 0) is 19.3 Å². The molecule has 0 bridgehead atoms. The molecule has 0 spiro atoms. The van der Waals surface area contributed by atoms with Gasteiger partial charge in [-0.3, -0.25) is 4.52 Å². The van der Waals surface area contributed by atoms with Gasteiger partial charge in [-0.1, -0.05) is 41.2 Å². The van der Waals surface area contributed by atoms with E-state index in [9.17, 15) is 4.57 Å². The van der Waals surface area contributed by atoms with Gasteiger partial charge in [-0.2, -0.15) is 0 Å². The molecule has 0 aliphatic heterocycles. The van der Waals surface area contributed by atoms with Crippen LogP contribution in [0.1, 0.15) is 25.7 Å². The Hall–Kier alpha value is 0.980. The lowest BCUT2D eigenvalue weighted by Crippen LogP contribution is -2.01. The molecule has 4 nitrogen and oxygen atoms in total. The lowest BCUT2D eigenvalue weighted by molar-refractivity contribution is 0.193. The molecular formula is C6H12Cl3O4P. The van der Waals surface area contributed by atoms with Crippen molar-refractivity contribution in [1.82, 2.24) is 0 Å². The molecule has 86 valence electrons. The lowest BCUT2D eigenvalue weighted by Gasteiger charge is -2.09. The lowest BCUT2D eigenvalue weighted by atomic mass is 10.2. The highest BCUT2D eigenvalue weighted by molar-refractivity contribution is 7.46. The van der Waals surface area contributed by atoms with E-state index in [-0.39, 0.29) is 6.61 Å². The van der Waals surface area contributed by atoms with Crippen LogP contribution in [0.2, 0.25) is 0 Å². The zero-order valence-electron chi connectivity index (χ0n) is 7.33. The molecule has 0 radical (unpaired) electrons. The smallest absolute Gasteiger partial charge is 0.303 e. The predicted octanol–water partition coefficient (Wildman–Crippen LogP) is 3.03. The van der Waals surface area contributed by atoms with E-state index in [1.165, 1.54) is 0 Å². The van der Waals surface area contributed by atoms with Gasteiger partial charge in [0.05, 0.1) is 6.61 Å². The number of rotatable bonds is 6. The van der Waals surface area contributed by atoms with E-state index in [4.69, 9.17) is 44.6 Å². The third kappa shape index (κ3) is 13.0. The van der Waals surface area contributed by atoms with Crippen LogP contribution in [0.4, 0.5) is 0 Å². The summed E-state index contributed by atoms with van der Waals surface area (Å²) in [4.78, 5) is 16.7. The van der Waals surface area contributed by atoms with Crippen LogP contribution in [-0.4, -0.2) is 20.2 Å². The SMILES string of the molecule is O=P(O)(O)OCCCCCC(Cl)(Cl)Cl. The fourth-order valence-electron chi connectivity index (χ4n) is 0.788. The summed E-state index contributed by atoms with van der Waals surface area (Å²) < 4.78 is 13.2. The van der Waals surface area contributed by atoms with Crippen LogP contribution >= 0.6 is 42.6 Å². The summed E-state index contributed by atoms with van der Waals surface area (Å²) in [5.74, 6) is 0. The Morgan fingerprint density at radius 3 is 2.14 bits per heavy atom. The first kappa shape index (κ1) is 15.0. The summed E-state index contributed by atoms with van der Waals surface area (Å²) in [5, 5.41) is 0. The molecule has 0 aromatic carbocycles. The second kappa shape index (κ2) is 6.54. The number of hydrogen-bond donors (Lipinski definition) is 2. The van der Waals surface area contributed by atoms with E-state index < -0.39 is 11.6 Å². The Labute approximate surface area is 97.7 Å². The Balaban J connectivity index is 3.28. The average Bonchev–Trinajstić information content (AvgIpc) is 1.92. The van der Waals surface area contributed by atoms with Crippen molar-refractivity contribution in [1.29, 1.82) is 0 Å². The van der Waals surface area contributed by atoms with Crippen LogP contribution in [0, 0.1) is 0 Å². The summed E-state index contributed by atoms with van der Waals surface area (Å²) in [5.41, 5.74) is 0. The molecule has 0 aromatic heterocycles. The maximum Gasteiger partial charge on any atom is 0.469 e. The van der Waals surface area contributed by atoms with Crippen molar-refractivity contribution in [3.05, 3.63) is 0 Å². The number of alkyl halides is 3. The van der Waals surface area contributed by atoms with Crippen molar-refractivity contribution in [3.63, 3.8) is 0 Å². The number of halogens is 3. The summed E-state index contributed by atoms with van der Waals surface area (Å²) in [7, 11) is -4.33. The number of phosphoric acid groups is 1. The van der Waals surface area contributed by atoms with Crippen molar-refractivity contribution < 1.29 is 18.9 Å². The van der Waals surface area contributed by atoms with Crippen LogP contribution in [0.3, 0.4) is 0 Å². The maximum absolute atomic E-state index is 10.2. The van der Waals surface area contributed by atoms with E-state index in [0.717, 1.165) is 0 Å². The zero-order chi connectivity index (χ0) is 11.2. The molecular weight excluding hydrogens is 273 g/mol. The van der Waals surface area contributed by atoms with Gasteiger partial charge in [-0.15, -0.1) is 0 Å². The quantitative estimate of drug-likeness (QED) is 0.447. The Kier molecular flexibility index (Phi) is 7.00. The average molecular weight is 285 g/mol. The highest BCUT2D eigenvalue weighted by Crippen LogP contribution is 2.36. The summed E-state index contributed by atoms with van der Waals surface area (Å²) >= 11 is 16.5. The summed E-state index contributed by atoms with van der Waals surface area (Å²) in [6, 6.07) is 0. The first-order valence-electron chi connectivity index (χ1n) is 3.97. The molecule has 0 aliphatic rings. The molecule has 0 aromatic rings. The minimum atomic E-state index is -4.33. The highest BCUT2D eigenvalue weighted by Gasteiger charge is 2.18. The molecule has 0 amide bonds. The van der Waals surface area contributed by atoms with Crippen molar-refractivity contribution in [2.24, 2.45) is 0 Å². The van der Waals surface area contributed by atoms with Gasteiger partial charge in [0, 0.05) is 0 Å². The Morgan fingerprint density at radius 2 is 1.71 bits per heavy atom. The molecule has 0 aliphatic carbocycles. The molecule has 0 unspecified atom stereocenters. The molecule has 2 N–H and O–H groups in total. The molecule has 0 rings (SSSR count). The van der Waals surface area contributed by atoms with Crippen molar-refractivity contribution in [2.75, 3.05) is 6.61 Å². The Morgan fingerprint density at radius 1 is 1.14 bits per heavy atom. The van der Waals surface area contributed by atoms with Gasteiger partial charge in [0.15, 0.2) is 3.79 Å². The monoisotopic (exact) mass is 284 g/mol. The second-order valence-electron chi connectivity index (χ2n) is 2.75. The van der Waals surface area contributed by atoms with Crippen molar-refractivity contribution in [3.8, 4) is 0 Å². The van der Waals surface area contributed by atoms with Crippen LogP contribution in [-0.2, 0) is 9.09 Å². The van der Waals surface area contributed by atoms with Gasteiger partial charge >= 0.3 is 7.82 Å². The number of hydrogen-bond acceptors (Lipinski definition) is 2. The van der Waals surface area contributed by atoms with Crippen LogP contribution in [0.15, 0.2) is 0 Å². The van der Waals surface area contributed by atoms with Gasteiger partial charge in [0.25, 0.3) is 0 Å². The molecule has 0 saturated heterocycles. The minimum Gasteiger partial charge on any atom is -0.303 e.